The summed E-state index contributed by atoms with van der Waals surface area (Å²) >= 11 is 0. The third-order valence-corrected chi connectivity index (χ3v) is 4.73. The average Bonchev–Trinajstić information content (AvgIpc) is 2.69. The first-order chi connectivity index (χ1) is 14.2. The molecule has 162 valence electrons. The molecule has 0 bridgehead atoms. The molecule has 30 heavy (non-hydrogen) atoms. The van der Waals surface area contributed by atoms with Gasteiger partial charge in [-0.05, 0) is 42.9 Å². The van der Waals surface area contributed by atoms with Crippen molar-refractivity contribution in [2.24, 2.45) is 0 Å². The van der Waals surface area contributed by atoms with Crippen molar-refractivity contribution in [1.82, 2.24) is 4.90 Å². The molecule has 0 unspecified atom stereocenters. The van der Waals surface area contributed by atoms with E-state index in [0.717, 1.165) is 17.7 Å². The fraction of sp³-hybridized carbons (Fsp3) is 0.381. The lowest BCUT2D eigenvalue weighted by molar-refractivity contribution is -0.137. The first-order valence-corrected chi connectivity index (χ1v) is 9.49. The lowest BCUT2D eigenvalue weighted by atomic mass is 10.1. The highest BCUT2D eigenvalue weighted by molar-refractivity contribution is 5.95. The molecule has 3 rings (SSSR count). The highest BCUT2D eigenvalue weighted by atomic mass is 19.4. The van der Waals surface area contributed by atoms with E-state index in [0.29, 0.717) is 38.5 Å². The van der Waals surface area contributed by atoms with Crippen molar-refractivity contribution in [2.45, 2.75) is 12.7 Å². The number of hydrogen-bond acceptors (Lipinski definition) is 4. The summed E-state index contributed by atoms with van der Waals surface area (Å²) in [5, 5.41) is 2.62. The molecule has 1 aliphatic rings. The second-order valence-corrected chi connectivity index (χ2v) is 7.18. The van der Waals surface area contributed by atoms with Crippen LogP contribution in [-0.4, -0.2) is 50.7 Å². The molecular weight excluding hydrogens is 402 g/mol. The number of carbonyl (C=O) groups excluding carboxylic acids is 1. The Hall–Kier alpha value is -2.65. The van der Waals surface area contributed by atoms with Gasteiger partial charge < -0.3 is 15.0 Å². The van der Waals surface area contributed by atoms with Crippen LogP contribution in [0.3, 0.4) is 0 Å². The minimum absolute atomic E-state index is 0.0316. The van der Waals surface area contributed by atoms with Crippen molar-refractivity contribution in [2.75, 3.05) is 50.1 Å². The molecule has 9 heteroatoms. The summed E-state index contributed by atoms with van der Waals surface area (Å²) in [5.41, 5.74) is 0.641. The van der Waals surface area contributed by atoms with Gasteiger partial charge in [-0.25, -0.2) is 4.39 Å². The maximum Gasteiger partial charge on any atom is 0.416 e. The van der Waals surface area contributed by atoms with Gasteiger partial charge in [0.05, 0.1) is 36.7 Å². The van der Waals surface area contributed by atoms with Gasteiger partial charge in [0.2, 0.25) is 5.91 Å². The molecule has 0 aliphatic carbocycles. The number of likely N-dealkylation sites (N-methyl/N-ethyl adjacent to an activating group) is 1. The summed E-state index contributed by atoms with van der Waals surface area (Å²) in [5.74, 6) is -0.784. The number of rotatable bonds is 6. The van der Waals surface area contributed by atoms with Gasteiger partial charge in [0.1, 0.15) is 5.82 Å². The zero-order valence-corrected chi connectivity index (χ0v) is 16.5. The number of alkyl halides is 3. The molecule has 1 saturated heterocycles. The minimum atomic E-state index is -4.51. The molecule has 0 saturated carbocycles. The number of ether oxygens (including phenoxy) is 1. The topological polar surface area (TPSA) is 44.8 Å². The summed E-state index contributed by atoms with van der Waals surface area (Å²) in [4.78, 5) is 16.1. The van der Waals surface area contributed by atoms with Crippen LogP contribution in [0.15, 0.2) is 42.5 Å². The zero-order valence-electron chi connectivity index (χ0n) is 16.5. The van der Waals surface area contributed by atoms with Crippen LogP contribution in [0.2, 0.25) is 0 Å². The highest BCUT2D eigenvalue weighted by Gasteiger charge is 2.32. The molecule has 0 aromatic heterocycles. The Balaban J connectivity index is 1.72. The largest absolute Gasteiger partial charge is 0.416 e. The van der Waals surface area contributed by atoms with E-state index in [4.69, 9.17) is 4.74 Å². The Morgan fingerprint density at radius 3 is 2.43 bits per heavy atom. The molecule has 1 aliphatic heterocycles. The Kier molecular flexibility index (Phi) is 6.94. The maximum absolute atomic E-state index is 13.2. The first kappa shape index (κ1) is 22.0. The predicted octanol–water partition coefficient (Wildman–Crippen LogP) is 3.75. The number of anilines is 2. The smallest absolute Gasteiger partial charge is 0.378 e. The van der Waals surface area contributed by atoms with Crippen molar-refractivity contribution in [3.05, 3.63) is 59.4 Å². The minimum Gasteiger partial charge on any atom is -0.378 e. The molecule has 2 aromatic carbocycles. The molecular formula is C21H23F4N3O2. The van der Waals surface area contributed by atoms with Crippen LogP contribution < -0.4 is 10.2 Å². The van der Waals surface area contributed by atoms with Crippen LogP contribution >= 0.6 is 0 Å². The number of nitrogens with one attached hydrogen (secondary N) is 1. The Bertz CT molecular complexity index is 866. The Morgan fingerprint density at radius 2 is 1.80 bits per heavy atom. The lowest BCUT2D eigenvalue weighted by Gasteiger charge is -2.31. The van der Waals surface area contributed by atoms with Crippen LogP contribution in [0.1, 0.15) is 11.1 Å². The van der Waals surface area contributed by atoms with Crippen molar-refractivity contribution in [1.29, 1.82) is 0 Å². The second-order valence-electron chi connectivity index (χ2n) is 7.18. The quantitative estimate of drug-likeness (QED) is 0.716. The number of hydrogen-bond donors (Lipinski definition) is 1. The number of morpholine rings is 1. The fourth-order valence-electron chi connectivity index (χ4n) is 3.28. The molecule has 5 nitrogen and oxygen atoms in total. The summed E-state index contributed by atoms with van der Waals surface area (Å²) < 4.78 is 57.8. The van der Waals surface area contributed by atoms with Gasteiger partial charge in [-0.1, -0.05) is 12.1 Å². The summed E-state index contributed by atoms with van der Waals surface area (Å²) in [7, 11) is 1.71. The molecule has 0 atom stereocenters. The van der Waals surface area contributed by atoms with Crippen molar-refractivity contribution >= 4 is 17.3 Å². The van der Waals surface area contributed by atoms with E-state index in [1.807, 2.05) is 4.90 Å². The van der Waals surface area contributed by atoms with Crippen molar-refractivity contribution in [3.63, 3.8) is 0 Å². The normalized spacial score (nSPS) is 14.8. The van der Waals surface area contributed by atoms with Gasteiger partial charge in [-0.2, -0.15) is 13.2 Å². The monoisotopic (exact) mass is 425 g/mol. The van der Waals surface area contributed by atoms with Crippen LogP contribution in [0.4, 0.5) is 28.9 Å². The summed E-state index contributed by atoms with van der Waals surface area (Å²) in [6.07, 6.45) is -4.51. The number of carbonyl (C=O) groups is 1. The number of amides is 1. The molecule has 1 heterocycles. The van der Waals surface area contributed by atoms with Gasteiger partial charge in [0, 0.05) is 19.6 Å². The highest BCUT2D eigenvalue weighted by Crippen LogP contribution is 2.35. The molecule has 1 amide bonds. The van der Waals surface area contributed by atoms with Crippen LogP contribution in [0, 0.1) is 5.82 Å². The second kappa shape index (κ2) is 9.44. The molecule has 0 spiro atoms. The SMILES string of the molecule is CN(CC(=O)Nc1cc(C(F)(F)F)ccc1N1CCOCC1)Cc1ccc(F)cc1. The first-order valence-electron chi connectivity index (χ1n) is 9.49. The third-order valence-electron chi connectivity index (χ3n) is 4.73. The van der Waals surface area contributed by atoms with Gasteiger partial charge in [-0.3, -0.25) is 9.69 Å². The van der Waals surface area contributed by atoms with E-state index in [2.05, 4.69) is 5.32 Å². The molecule has 0 radical (unpaired) electrons. The Labute approximate surface area is 172 Å². The number of nitrogens with zero attached hydrogens (tertiary/aromatic N) is 2. The van der Waals surface area contributed by atoms with Gasteiger partial charge in [0.15, 0.2) is 0 Å². The number of halogens is 4. The van der Waals surface area contributed by atoms with Gasteiger partial charge >= 0.3 is 6.18 Å². The van der Waals surface area contributed by atoms with E-state index in [-0.39, 0.29) is 18.0 Å². The summed E-state index contributed by atoms with van der Waals surface area (Å²) in [6.45, 7) is 2.35. The third kappa shape index (κ3) is 5.93. The van der Waals surface area contributed by atoms with Crippen LogP contribution in [0.25, 0.3) is 0 Å². The van der Waals surface area contributed by atoms with E-state index in [1.54, 1.807) is 24.1 Å². The maximum atomic E-state index is 13.2. The van der Waals surface area contributed by atoms with Crippen molar-refractivity contribution in [3.8, 4) is 0 Å². The van der Waals surface area contributed by atoms with E-state index < -0.39 is 17.6 Å². The fourth-order valence-corrected chi connectivity index (χ4v) is 3.28. The zero-order chi connectivity index (χ0) is 21.7. The van der Waals surface area contributed by atoms with E-state index >= 15 is 0 Å². The number of benzene rings is 2. The van der Waals surface area contributed by atoms with E-state index in [9.17, 15) is 22.4 Å². The molecule has 2 aromatic rings. The predicted molar refractivity (Wildman–Crippen MR) is 106 cm³/mol. The molecule has 1 N–H and O–H groups in total. The lowest BCUT2D eigenvalue weighted by Crippen LogP contribution is -2.37. The van der Waals surface area contributed by atoms with Crippen LogP contribution in [0.5, 0.6) is 0 Å². The van der Waals surface area contributed by atoms with E-state index in [1.165, 1.54) is 18.2 Å². The molecule has 1 fully saturated rings. The standard InChI is InChI=1S/C21H23F4N3O2/c1-27(13-15-2-5-17(22)6-3-15)14-20(29)26-18-12-16(21(23,24)25)4-7-19(18)28-8-10-30-11-9-28/h2-7,12H,8-11,13-14H2,1H3,(H,26,29). The van der Waals surface area contributed by atoms with Crippen LogP contribution in [-0.2, 0) is 22.3 Å². The van der Waals surface area contributed by atoms with Gasteiger partial charge in [0.25, 0.3) is 0 Å². The van der Waals surface area contributed by atoms with Crippen molar-refractivity contribution < 1.29 is 27.1 Å². The Morgan fingerprint density at radius 1 is 1.13 bits per heavy atom. The summed E-state index contributed by atoms with van der Waals surface area (Å²) in [6, 6.07) is 9.26. The average molecular weight is 425 g/mol. The van der Waals surface area contributed by atoms with Gasteiger partial charge in [-0.15, -0.1) is 0 Å².